The maximum absolute atomic E-state index is 10.9. The van der Waals surface area contributed by atoms with Gasteiger partial charge in [0.2, 0.25) is 0 Å². The molecule has 5 nitrogen and oxygen atoms in total. The van der Waals surface area contributed by atoms with Crippen LogP contribution >= 0.6 is 11.6 Å². The van der Waals surface area contributed by atoms with Crippen LogP contribution < -0.4 is 10.1 Å². The van der Waals surface area contributed by atoms with Crippen molar-refractivity contribution in [3.63, 3.8) is 0 Å². The molecule has 0 aromatic heterocycles. The van der Waals surface area contributed by atoms with Gasteiger partial charge >= 0.3 is 0 Å². The topological polar surface area (TPSA) is 64.4 Å². The summed E-state index contributed by atoms with van der Waals surface area (Å²) in [4.78, 5) is 10.4. The van der Waals surface area contributed by atoms with Gasteiger partial charge in [-0.15, -0.1) is 0 Å². The van der Waals surface area contributed by atoms with Gasteiger partial charge in [-0.25, -0.2) is 0 Å². The fourth-order valence-electron chi connectivity index (χ4n) is 1.69. The van der Waals surface area contributed by atoms with Crippen LogP contribution in [0.15, 0.2) is 42.5 Å². The highest BCUT2D eigenvalue weighted by molar-refractivity contribution is 6.31. The largest absolute Gasteiger partial charge is 0.489 e. The third-order valence-corrected chi connectivity index (χ3v) is 3.11. The van der Waals surface area contributed by atoms with E-state index < -0.39 is 4.92 Å². The first kappa shape index (κ1) is 14.1. The number of nitrogens with zero attached hydrogens (tertiary/aromatic N) is 1. The predicted octanol–water partition coefficient (Wildman–Crippen LogP) is 3.87. The van der Waals surface area contributed by atoms with Gasteiger partial charge in [-0.3, -0.25) is 10.1 Å². The minimum absolute atomic E-state index is 0.0222. The van der Waals surface area contributed by atoms with Gasteiger partial charge in [0.05, 0.1) is 11.0 Å². The van der Waals surface area contributed by atoms with Gasteiger partial charge in [0.25, 0.3) is 5.69 Å². The standard InChI is InChI=1S/C14H13ClN2O3/c1-16-11-6-12(17(18)19)8-13(7-11)20-9-10-4-2-3-5-14(10)15/h2-8,16H,9H2,1H3. The van der Waals surface area contributed by atoms with Crippen molar-refractivity contribution in [2.24, 2.45) is 0 Å². The summed E-state index contributed by atoms with van der Waals surface area (Å²) in [5, 5.41) is 14.3. The highest BCUT2D eigenvalue weighted by Crippen LogP contribution is 2.27. The van der Waals surface area contributed by atoms with Crippen molar-refractivity contribution in [3.8, 4) is 5.75 Å². The van der Waals surface area contributed by atoms with Crippen LogP contribution in [-0.2, 0) is 6.61 Å². The van der Waals surface area contributed by atoms with Crippen LogP contribution in [0.25, 0.3) is 0 Å². The fraction of sp³-hybridized carbons (Fsp3) is 0.143. The van der Waals surface area contributed by atoms with Crippen LogP contribution in [0, 0.1) is 10.1 Å². The molecule has 0 bridgehead atoms. The number of hydrogen-bond donors (Lipinski definition) is 1. The summed E-state index contributed by atoms with van der Waals surface area (Å²) in [6.45, 7) is 0.254. The summed E-state index contributed by atoms with van der Waals surface area (Å²) >= 11 is 6.03. The lowest BCUT2D eigenvalue weighted by Gasteiger charge is -2.09. The average Bonchev–Trinajstić information content (AvgIpc) is 2.46. The maximum Gasteiger partial charge on any atom is 0.275 e. The summed E-state index contributed by atoms with van der Waals surface area (Å²) in [5.41, 5.74) is 1.42. The highest BCUT2D eigenvalue weighted by atomic mass is 35.5. The Kier molecular flexibility index (Phi) is 4.42. The van der Waals surface area contributed by atoms with E-state index in [0.717, 1.165) is 5.56 Å². The first-order chi connectivity index (χ1) is 9.60. The number of ether oxygens (including phenoxy) is 1. The first-order valence-corrected chi connectivity index (χ1v) is 6.31. The van der Waals surface area contributed by atoms with E-state index in [-0.39, 0.29) is 12.3 Å². The lowest BCUT2D eigenvalue weighted by molar-refractivity contribution is -0.384. The van der Waals surface area contributed by atoms with Crippen molar-refractivity contribution in [1.82, 2.24) is 0 Å². The van der Waals surface area contributed by atoms with E-state index >= 15 is 0 Å². The van der Waals surface area contributed by atoms with Crippen LogP contribution in [-0.4, -0.2) is 12.0 Å². The van der Waals surface area contributed by atoms with Gasteiger partial charge in [0.15, 0.2) is 0 Å². The monoisotopic (exact) mass is 292 g/mol. The molecule has 1 N–H and O–H groups in total. The average molecular weight is 293 g/mol. The summed E-state index contributed by atoms with van der Waals surface area (Å²) < 4.78 is 5.58. The van der Waals surface area contributed by atoms with Crippen LogP contribution in [0.1, 0.15) is 5.56 Å². The molecule has 0 saturated carbocycles. The van der Waals surface area contributed by atoms with Gasteiger partial charge in [-0.1, -0.05) is 29.8 Å². The summed E-state index contributed by atoms with van der Waals surface area (Å²) in [7, 11) is 1.69. The number of nitrogens with one attached hydrogen (secondary N) is 1. The fourth-order valence-corrected chi connectivity index (χ4v) is 1.88. The minimum atomic E-state index is -0.455. The van der Waals surface area contributed by atoms with Gasteiger partial charge in [-0.2, -0.15) is 0 Å². The number of anilines is 1. The molecule has 0 saturated heterocycles. The van der Waals surface area contributed by atoms with Crippen LogP contribution in [0.3, 0.4) is 0 Å². The molecule has 0 aliphatic rings. The Morgan fingerprint density at radius 3 is 2.70 bits per heavy atom. The molecule has 0 atom stereocenters. The van der Waals surface area contributed by atoms with Crippen molar-refractivity contribution >= 4 is 23.0 Å². The number of nitro groups is 1. The molecule has 2 rings (SSSR count). The molecule has 0 unspecified atom stereocenters. The number of benzene rings is 2. The van der Waals surface area contributed by atoms with Crippen molar-refractivity contribution in [2.45, 2.75) is 6.61 Å². The van der Waals surface area contributed by atoms with Crippen molar-refractivity contribution in [2.75, 3.05) is 12.4 Å². The molecule has 20 heavy (non-hydrogen) atoms. The van der Waals surface area contributed by atoms with E-state index in [2.05, 4.69) is 5.32 Å². The molecule has 0 heterocycles. The number of nitro benzene ring substituents is 1. The van der Waals surface area contributed by atoms with Gasteiger partial charge in [-0.05, 0) is 6.07 Å². The third-order valence-electron chi connectivity index (χ3n) is 2.74. The van der Waals surface area contributed by atoms with E-state index in [4.69, 9.17) is 16.3 Å². The second kappa shape index (κ2) is 6.25. The van der Waals surface area contributed by atoms with E-state index in [1.807, 2.05) is 18.2 Å². The van der Waals surface area contributed by atoms with Crippen LogP contribution in [0.4, 0.5) is 11.4 Å². The Labute approximate surface area is 121 Å². The molecular weight excluding hydrogens is 280 g/mol. The predicted molar refractivity (Wildman–Crippen MR) is 78.4 cm³/mol. The molecule has 2 aromatic carbocycles. The maximum atomic E-state index is 10.9. The van der Waals surface area contributed by atoms with Gasteiger partial charge in [0.1, 0.15) is 12.4 Å². The van der Waals surface area contributed by atoms with E-state index in [0.29, 0.717) is 16.5 Å². The van der Waals surface area contributed by atoms with E-state index in [9.17, 15) is 10.1 Å². The Morgan fingerprint density at radius 1 is 1.30 bits per heavy atom. The third kappa shape index (κ3) is 3.39. The second-order valence-electron chi connectivity index (χ2n) is 4.10. The molecule has 0 fully saturated rings. The molecule has 2 aromatic rings. The van der Waals surface area contributed by atoms with Crippen molar-refractivity contribution in [1.29, 1.82) is 0 Å². The van der Waals surface area contributed by atoms with Gasteiger partial charge < -0.3 is 10.1 Å². The molecule has 6 heteroatoms. The van der Waals surface area contributed by atoms with Gasteiger partial charge in [0, 0.05) is 35.5 Å². The quantitative estimate of drug-likeness (QED) is 0.671. The Balaban J connectivity index is 2.19. The Bertz CT molecular complexity index is 632. The lowest BCUT2D eigenvalue weighted by Crippen LogP contribution is -1.99. The van der Waals surface area contributed by atoms with Crippen molar-refractivity contribution in [3.05, 3.63) is 63.2 Å². The molecule has 0 spiro atoms. The normalized spacial score (nSPS) is 10.1. The molecular formula is C14H13ClN2O3. The summed E-state index contributed by atoms with van der Waals surface area (Å²) in [6, 6.07) is 11.8. The number of rotatable bonds is 5. The number of non-ortho nitro benzene ring substituents is 1. The van der Waals surface area contributed by atoms with Crippen molar-refractivity contribution < 1.29 is 9.66 Å². The van der Waals surface area contributed by atoms with E-state index in [1.165, 1.54) is 12.1 Å². The number of hydrogen-bond acceptors (Lipinski definition) is 4. The zero-order valence-corrected chi connectivity index (χ0v) is 11.6. The summed E-state index contributed by atoms with van der Waals surface area (Å²) in [6.07, 6.45) is 0. The highest BCUT2D eigenvalue weighted by Gasteiger charge is 2.10. The zero-order valence-electron chi connectivity index (χ0n) is 10.8. The SMILES string of the molecule is CNc1cc(OCc2ccccc2Cl)cc([N+](=O)[O-])c1. The molecule has 0 aliphatic heterocycles. The first-order valence-electron chi connectivity index (χ1n) is 5.93. The minimum Gasteiger partial charge on any atom is -0.489 e. The molecule has 0 aliphatic carbocycles. The second-order valence-corrected chi connectivity index (χ2v) is 4.51. The molecule has 104 valence electrons. The summed E-state index contributed by atoms with van der Waals surface area (Å²) in [5.74, 6) is 0.420. The van der Waals surface area contributed by atoms with E-state index in [1.54, 1.807) is 19.2 Å². The van der Waals surface area contributed by atoms with Crippen LogP contribution in [0.5, 0.6) is 5.75 Å². The molecule has 0 radical (unpaired) electrons. The molecule has 0 amide bonds. The van der Waals surface area contributed by atoms with Crippen LogP contribution in [0.2, 0.25) is 5.02 Å². The smallest absolute Gasteiger partial charge is 0.275 e. The Morgan fingerprint density at radius 2 is 2.05 bits per heavy atom. The zero-order chi connectivity index (χ0) is 14.5. The number of halogens is 1. The Hall–Kier alpha value is -2.27. The lowest BCUT2D eigenvalue weighted by atomic mass is 10.2.